The van der Waals surface area contributed by atoms with Crippen molar-refractivity contribution in [3.63, 3.8) is 0 Å². The molecule has 5 heteroatoms. The molecule has 3 atom stereocenters. The lowest BCUT2D eigenvalue weighted by Crippen LogP contribution is -2.33. The van der Waals surface area contributed by atoms with E-state index < -0.39 is 12.2 Å². The van der Waals surface area contributed by atoms with Crippen molar-refractivity contribution in [2.24, 2.45) is 5.73 Å². The summed E-state index contributed by atoms with van der Waals surface area (Å²) < 4.78 is 12.8. The van der Waals surface area contributed by atoms with E-state index in [1.165, 1.54) is 12.1 Å². The van der Waals surface area contributed by atoms with E-state index in [1.54, 1.807) is 12.1 Å². The van der Waals surface area contributed by atoms with Crippen molar-refractivity contribution in [1.29, 1.82) is 0 Å². The molecule has 0 spiro atoms. The molecule has 1 aliphatic rings. The molecule has 17 heavy (non-hydrogen) atoms. The Hall–Kier alpha value is -1.01. The number of β-amino-alcohol motifs (C(OH)–C–C–N with tert-alkyl or cyclic N) is 2. The van der Waals surface area contributed by atoms with E-state index in [4.69, 9.17) is 5.73 Å². The molecular formula is C12H17FN2O2. The number of likely N-dealkylation sites (tertiary alicyclic amines) is 1. The van der Waals surface area contributed by atoms with Crippen molar-refractivity contribution in [3.05, 3.63) is 35.6 Å². The van der Waals surface area contributed by atoms with Crippen LogP contribution < -0.4 is 5.73 Å². The summed E-state index contributed by atoms with van der Waals surface area (Å²) in [5, 5.41) is 19.0. The van der Waals surface area contributed by atoms with Crippen LogP contribution in [0.25, 0.3) is 0 Å². The Morgan fingerprint density at radius 1 is 1.24 bits per heavy atom. The fraction of sp³-hybridized carbons (Fsp3) is 0.500. The second-order valence-corrected chi connectivity index (χ2v) is 4.39. The number of hydrogen-bond donors (Lipinski definition) is 3. The van der Waals surface area contributed by atoms with Gasteiger partial charge in [-0.15, -0.1) is 0 Å². The van der Waals surface area contributed by atoms with Gasteiger partial charge in [-0.25, -0.2) is 4.39 Å². The van der Waals surface area contributed by atoms with Crippen LogP contribution in [0.15, 0.2) is 24.3 Å². The lowest BCUT2D eigenvalue weighted by atomic mass is 10.1. The van der Waals surface area contributed by atoms with Crippen LogP contribution in [0.3, 0.4) is 0 Å². The number of hydrogen-bond acceptors (Lipinski definition) is 4. The van der Waals surface area contributed by atoms with Crippen LogP contribution in [-0.4, -0.2) is 47.0 Å². The summed E-state index contributed by atoms with van der Waals surface area (Å²) in [5.74, 6) is -0.286. The Labute approximate surface area is 99.5 Å². The standard InChI is InChI=1S/C12H17FN2O2/c13-9-3-1-8(2-4-9)10(5-14)15-6-11(16)12(17)7-15/h1-4,10-12,16-17H,5-7,14H2. The molecule has 4 N–H and O–H groups in total. The van der Waals surface area contributed by atoms with Gasteiger partial charge < -0.3 is 15.9 Å². The molecule has 0 radical (unpaired) electrons. The molecule has 1 aromatic rings. The van der Waals surface area contributed by atoms with E-state index in [1.807, 2.05) is 4.90 Å². The third-order valence-electron chi connectivity index (χ3n) is 3.21. The normalized spacial score (nSPS) is 27.3. The van der Waals surface area contributed by atoms with E-state index >= 15 is 0 Å². The number of benzene rings is 1. The lowest BCUT2D eigenvalue weighted by Gasteiger charge is -2.26. The molecule has 2 rings (SSSR count). The fourth-order valence-corrected chi connectivity index (χ4v) is 2.23. The SMILES string of the molecule is NCC(c1ccc(F)cc1)N1CC(O)C(O)C1. The van der Waals surface area contributed by atoms with Crippen molar-refractivity contribution in [1.82, 2.24) is 4.90 Å². The third-order valence-corrected chi connectivity index (χ3v) is 3.21. The van der Waals surface area contributed by atoms with Gasteiger partial charge in [0.2, 0.25) is 0 Å². The van der Waals surface area contributed by atoms with Gasteiger partial charge in [0.25, 0.3) is 0 Å². The molecule has 0 amide bonds. The van der Waals surface area contributed by atoms with E-state index in [0.717, 1.165) is 5.56 Å². The summed E-state index contributed by atoms with van der Waals surface area (Å²) in [6, 6.07) is 6.05. The van der Waals surface area contributed by atoms with Gasteiger partial charge in [0.05, 0.1) is 12.2 Å². The summed E-state index contributed by atoms with van der Waals surface area (Å²) in [7, 11) is 0. The second kappa shape index (κ2) is 5.10. The minimum Gasteiger partial charge on any atom is -0.389 e. The minimum atomic E-state index is -0.732. The predicted molar refractivity (Wildman–Crippen MR) is 61.8 cm³/mol. The molecule has 1 aliphatic heterocycles. The molecule has 0 saturated carbocycles. The van der Waals surface area contributed by atoms with Crippen molar-refractivity contribution in [3.8, 4) is 0 Å². The highest BCUT2D eigenvalue weighted by molar-refractivity contribution is 5.21. The van der Waals surface area contributed by atoms with Gasteiger partial charge >= 0.3 is 0 Å². The first-order valence-electron chi connectivity index (χ1n) is 5.67. The van der Waals surface area contributed by atoms with Crippen LogP contribution >= 0.6 is 0 Å². The number of nitrogens with two attached hydrogens (primary N) is 1. The van der Waals surface area contributed by atoms with Crippen LogP contribution in [0.4, 0.5) is 4.39 Å². The Morgan fingerprint density at radius 2 is 1.76 bits per heavy atom. The van der Waals surface area contributed by atoms with Crippen LogP contribution in [0.1, 0.15) is 11.6 Å². The largest absolute Gasteiger partial charge is 0.389 e. The zero-order valence-electron chi connectivity index (χ0n) is 9.46. The van der Waals surface area contributed by atoms with Gasteiger partial charge in [0, 0.05) is 25.7 Å². The topological polar surface area (TPSA) is 69.7 Å². The van der Waals surface area contributed by atoms with Crippen LogP contribution in [0, 0.1) is 5.82 Å². The lowest BCUT2D eigenvalue weighted by molar-refractivity contribution is 0.0572. The first-order chi connectivity index (χ1) is 8.11. The first kappa shape index (κ1) is 12.4. The average molecular weight is 240 g/mol. The number of aliphatic hydroxyl groups excluding tert-OH is 2. The van der Waals surface area contributed by atoms with Crippen molar-refractivity contribution in [2.45, 2.75) is 18.2 Å². The number of halogens is 1. The highest BCUT2D eigenvalue weighted by Crippen LogP contribution is 2.24. The van der Waals surface area contributed by atoms with E-state index in [2.05, 4.69) is 0 Å². The molecule has 94 valence electrons. The van der Waals surface area contributed by atoms with E-state index in [-0.39, 0.29) is 11.9 Å². The Bertz CT molecular complexity index is 361. The van der Waals surface area contributed by atoms with Gasteiger partial charge in [-0.2, -0.15) is 0 Å². The molecule has 0 aliphatic carbocycles. The Kier molecular flexibility index (Phi) is 3.73. The number of aliphatic hydroxyl groups is 2. The second-order valence-electron chi connectivity index (χ2n) is 4.39. The average Bonchev–Trinajstić information content (AvgIpc) is 2.63. The van der Waals surface area contributed by atoms with Gasteiger partial charge in [-0.1, -0.05) is 12.1 Å². The van der Waals surface area contributed by atoms with Crippen LogP contribution in [0.5, 0.6) is 0 Å². The monoisotopic (exact) mass is 240 g/mol. The van der Waals surface area contributed by atoms with Gasteiger partial charge in [0.1, 0.15) is 5.82 Å². The number of rotatable bonds is 3. The maximum atomic E-state index is 12.8. The molecule has 0 bridgehead atoms. The van der Waals surface area contributed by atoms with Crippen LogP contribution in [-0.2, 0) is 0 Å². The van der Waals surface area contributed by atoms with Crippen molar-refractivity contribution >= 4 is 0 Å². The summed E-state index contributed by atoms with van der Waals surface area (Å²) in [6.45, 7) is 1.14. The maximum absolute atomic E-state index is 12.8. The van der Waals surface area contributed by atoms with E-state index in [0.29, 0.717) is 19.6 Å². The summed E-state index contributed by atoms with van der Waals surface area (Å²) in [6.07, 6.45) is -1.46. The summed E-state index contributed by atoms with van der Waals surface area (Å²) >= 11 is 0. The summed E-state index contributed by atoms with van der Waals surface area (Å²) in [4.78, 5) is 1.92. The maximum Gasteiger partial charge on any atom is 0.123 e. The van der Waals surface area contributed by atoms with Crippen molar-refractivity contribution in [2.75, 3.05) is 19.6 Å². The predicted octanol–water partition coefficient (Wildman–Crippen LogP) is -0.137. The molecule has 3 unspecified atom stereocenters. The molecule has 1 saturated heterocycles. The zero-order valence-corrected chi connectivity index (χ0v) is 9.46. The smallest absolute Gasteiger partial charge is 0.123 e. The fourth-order valence-electron chi connectivity index (χ4n) is 2.23. The zero-order chi connectivity index (χ0) is 12.4. The molecule has 0 aromatic heterocycles. The van der Waals surface area contributed by atoms with Crippen molar-refractivity contribution < 1.29 is 14.6 Å². The van der Waals surface area contributed by atoms with Gasteiger partial charge in [-0.05, 0) is 17.7 Å². The number of nitrogens with zero attached hydrogens (tertiary/aromatic N) is 1. The quantitative estimate of drug-likeness (QED) is 0.688. The van der Waals surface area contributed by atoms with Gasteiger partial charge in [-0.3, -0.25) is 4.90 Å². The van der Waals surface area contributed by atoms with E-state index in [9.17, 15) is 14.6 Å². The minimum absolute atomic E-state index is 0.0950. The highest BCUT2D eigenvalue weighted by atomic mass is 19.1. The highest BCUT2D eigenvalue weighted by Gasteiger charge is 2.33. The molecule has 4 nitrogen and oxygen atoms in total. The van der Waals surface area contributed by atoms with Crippen LogP contribution in [0.2, 0.25) is 0 Å². The first-order valence-corrected chi connectivity index (χ1v) is 5.67. The Morgan fingerprint density at radius 3 is 2.24 bits per heavy atom. The molecule has 1 aromatic carbocycles. The van der Waals surface area contributed by atoms with Gasteiger partial charge in [0.15, 0.2) is 0 Å². The molecular weight excluding hydrogens is 223 g/mol. The Balaban J connectivity index is 2.14. The third kappa shape index (κ3) is 2.63. The molecule has 1 fully saturated rings. The summed E-state index contributed by atoms with van der Waals surface area (Å²) in [5.41, 5.74) is 6.61. The molecule has 1 heterocycles.